The van der Waals surface area contributed by atoms with Crippen LogP contribution in [0, 0.1) is 0 Å². The van der Waals surface area contributed by atoms with E-state index in [9.17, 15) is 9.59 Å². The topological polar surface area (TPSA) is 78.4 Å². The molecule has 2 aromatic rings. The Labute approximate surface area is 203 Å². The molecule has 0 aliphatic heterocycles. The van der Waals surface area contributed by atoms with Crippen LogP contribution in [-0.4, -0.2) is 28.0 Å². The van der Waals surface area contributed by atoms with Crippen molar-refractivity contribution in [2.75, 3.05) is 0 Å². The molecule has 184 valence electrons. The van der Waals surface area contributed by atoms with Gasteiger partial charge < -0.3 is 9.47 Å². The molecule has 0 bridgehead atoms. The predicted octanol–water partition coefficient (Wildman–Crippen LogP) is 6.63. The molecule has 6 heteroatoms. The van der Waals surface area contributed by atoms with Gasteiger partial charge in [-0.2, -0.15) is 0 Å². The van der Waals surface area contributed by atoms with E-state index in [1.54, 1.807) is 0 Å². The molecule has 0 fully saturated rings. The van der Waals surface area contributed by atoms with E-state index in [1.807, 2.05) is 25.1 Å². The molecule has 1 atom stereocenters. The summed E-state index contributed by atoms with van der Waals surface area (Å²) in [6, 6.07) is 8.16. The number of allylic oxidation sites excluding steroid dienone is 1. The average Bonchev–Trinajstić information content (AvgIpc) is 2.82. The predicted molar refractivity (Wildman–Crippen MR) is 134 cm³/mol. The standard InChI is InChI=1S/C28H38N2O4/c1-4-5-6-7-8-9-10-15-27(32)34-26-20-29-28(30-21-26)25-18-16-24(17-19-25)14-12-11-13-22(2)33-23(3)31/h10,15-22H,4-9,11-14H2,1-3H3/b15-10+. The number of rotatable bonds is 15. The summed E-state index contributed by atoms with van der Waals surface area (Å²) in [5.74, 6) is 0.290. The summed E-state index contributed by atoms with van der Waals surface area (Å²) < 4.78 is 10.4. The van der Waals surface area contributed by atoms with Crippen LogP contribution < -0.4 is 4.74 Å². The SMILES string of the molecule is CCCCCCC/C=C/C(=O)Oc1cnc(-c2ccc(CCCCC(C)OC(C)=O)cc2)nc1. The minimum absolute atomic E-state index is 0.0318. The Morgan fingerprint density at radius 1 is 0.971 bits per heavy atom. The Bertz CT molecular complexity index is 892. The molecule has 0 amide bonds. The van der Waals surface area contributed by atoms with Crippen LogP contribution >= 0.6 is 0 Å². The first kappa shape index (κ1) is 27.2. The molecule has 0 N–H and O–H groups in total. The highest BCUT2D eigenvalue weighted by Gasteiger charge is 2.07. The van der Waals surface area contributed by atoms with Crippen LogP contribution in [0.4, 0.5) is 0 Å². The molecular weight excluding hydrogens is 428 g/mol. The number of benzene rings is 1. The van der Waals surface area contributed by atoms with Crippen LogP contribution in [0.5, 0.6) is 5.75 Å². The van der Waals surface area contributed by atoms with Crippen molar-refractivity contribution in [3.8, 4) is 17.1 Å². The Balaban J connectivity index is 1.73. The molecule has 1 unspecified atom stereocenters. The summed E-state index contributed by atoms with van der Waals surface area (Å²) in [4.78, 5) is 31.6. The highest BCUT2D eigenvalue weighted by atomic mass is 16.5. The number of carbonyl (C=O) groups excluding carboxylic acids is 2. The first-order chi connectivity index (χ1) is 16.5. The lowest BCUT2D eigenvalue weighted by atomic mass is 10.0. The van der Waals surface area contributed by atoms with Crippen LogP contribution in [0.2, 0.25) is 0 Å². The smallest absolute Gasteiger partial charge is 0.335 e. The molecule has 1 aromatic carbocycles. The number of ether oxygens (including phenoxy) is 2. The fraction of sp³-hybridized carbons (Fsp3) is 0.500. The van der Waals surface area contributed by atoms with E-state index in [4.69, 9.17) is 9.47 Å². The second-order valence-electron chi connectivity index (χ2n) is 8.63. The fourth-order valence-corrected chi connectivity index (χ4v) is 3.64. The van der Waals surface area contributed by atoms with Gasteiger partial charge in [0, 0.05) is 18.6 Å². The van der Waals surface area contributed by atoms with E-state index in [0.717, 1.165) is 44.1 Å². The molecule has 0 aliphatic rings. The van der Waals surface area contributed by atoms with Crippen molar-refractivity contribution in [3.63, 3.8) is 0 Å². The maximum atomic E-state index is 11.9. The van der Waals surface area contributed by atoms with Gasteiger partial charge in [0.25, 0.3) is 0 Å². The number of aromatic nitrogens is 2. The normalized spacial score (nSPS) is 12.0. The minimum Gasteiger partial charge on any atom is -0.463 e. The first-order valence-corrected chi connectivity index (χ1v) is 12.4. The van der Waals surface area contributed by atoms with Gasteiger partial charge in [-0.3, -0.25) is 4.79 Å². The molecular formula is C28H38N2O4. The van der Waals surface area contributed by atoms with Gasteiger partial charge in [-0.1, -0.05) is 62.9 Å². The molecule has 0 saturated heterocycles. The Morgan fingerprint density at radius 3 is 2.35 bits per heavy atom. The monoisotopic (exact) mass is 466 g/mol. The molecule has 0 spiro atoms. The Hall–Kier alpha value is -3.02. The Morgan fingerprint density at radius 2 is 1.68 bits per heavy atom. The molecule has 1 aromatic heterocycles. The van der Waals surface area contributed by atoms with E-state index in [1.165, 1.54) is 56.6 Å². The zero-order chi connectivity index (χ0) is 24.6. The molecule has 0 saturated carbocycles. The van der Waals surface area contributed by atoms with Gasteiger partial charge in [-0.15, -0.1) is 0 Å². The molecule has 0 radical (unpaired) electrons. The summed E-state index contributed by atoms with van der Waals surface area (Å²) in [5.41, 5.74) is 2.15. The number of nitrogens with zero attached hydrogens (tertiary/aromatic N) is 2. The highest BCUT2D eigenvalue weighted by Crippen LogP contribution is 2.19. The molecule has 34 heavy (non-hydrogen) atoms. The summed E-state index contributed by atoms with van der Waals surface area (Å²) in [6.07, 6.45) is 17.2. The molecule has 6 nitrogen and oxygen atoms in total. The van der Waals surface area contributed by atoms with E-state index in [2.05, 4.69) is 29.0 Å². The van der Waals surface area contributed by atoms with Gasteiger partial charge >= 0.3 is 11.9 Å². The van der Waals surface area contributed by atoms with E-state index >= 15 is 0 Å². The van der Waals surface area contributed by atoms with Crippen molar-refractivity contribution in [2.24, 2.45) is 0 Å². The number of esters is 2. The molecule has 1 heterocycles. The van der Waals surface area contributed by atoms with Crippen LogP contribution in [0.15, 0.2) is 48.8 Å². The van der Waals surface area contributed by atoms with E-state index in [0.29, 0.717) is 11.6 Å². The summed E-state index contributed by atoms with van der Waals surface area (Å²) in [7, 11) is 0. The molecule has 0 aliphatic carbocycles. The first-order valence-electron chi connectivity index (χ1n) is 12.4. The second kappa shape index (κ2) is 15.8. The van der Waals surface area contributed by atoms with E-state index in [-0.39, 0.29) is 12.1 Å². The summed E-state index contributed by atoms with van der Waals surface area (Å²) >= 11 is 0. The van der Waals surface area contributed by atoms with Gasteiger partial charge in [0.05, 0.1) is 18.5 Å². The number of hydrogen-bond acceptors (Lipinski definition) is 6. The van der Waals surface area contributed by atoms with Crippen molar-refractivity contribution in [1.82, 2.24) is 9.97 Å². The quantitative estimate of drug-likeness (QED) is 0.166. The third-order valence-electron chi connectivity index (χ3n) is 5.48. The van der Waals surface area contributed by atoms with Gasteiger partial charge in [-0.05, 0) is 51.0 Å². The third kappa shape index (κ3) is 11.2. The molecule has 2 rings (SSSR count). The van der Waals surface area contributed by atoms with Gasteiger partial charge in [0.15, 0.2) is 11.6 Å². The lowest BCUT2D eigenvalue weighted by molar-refractivity contribution is -0.145. The number of carbonyl (C=O) groups is 2. The lowest BCUT2D eigenvalue weighted by Crippen LogP contribution is -2.11. The van der Waals surface area contributed by atoms with Gasteiger partial charge in [0.2, 0.25) is 0 Å². The van der Waals surface area contributed by atoms with Gasteiger partial charge in [-0.25, -0.2) is 14.8 Å². The van der Waals surface area contributed by atoms with Crippen molar-refractivity contribution < 1.29 is 19.1 Å². The van der Waals surface area contributed by atoms with Crippen LogP contribution in [0.25, 0.3) is 11.4 Å². The average molecular weight is 467 g/mol. The zero-order valence-electron chi connectivity index (χ0n) is 20.8. The fourth-order valence-electron chi connectivity index (χ4n) is 3.64. The number of hydrogen-bond donors (Lipinski definition) is 0. The van der Waals surface area contributed by atoms with Crippen molar-refractivity contribution in [1.29, 1.82) is 0 Å². The van der Waals surface area contributed by atoms with Crippen LogP contribution in [-0.2, 0) is 20.7 Å². The van der Waals surface area contributed by atoms with Crippen LogP contribution in [0.3, 0.4) is 0 Å². The van der Waals surface area contributed by atoms with Gasteiger partial charge in [0.1, 0.15) is 0 Å². The zero-order valence-corrected chi connectivity index (χ0v) is 20.8. The number of unbranched alkanes of at least 4 members (excludes halogenated alkanes) is 6. The minimum atomic E-state index is -0.406. The third-order valence-corrected chi connectivity index (χ3v) is 5.48. The second-order valence-corrected chi connectivity index (χ2v) is 8.63. The van der Waals surface area contributed by atoms with Crippen molar-refractivity contribution in [3.05, 3.63) is 54.4 Å². The lowest BCUT2D eigenvalue weighted by Gasteiger charge is -2.11. The van der Waals surface area contributed by atoms with Crippen LogP contribution in [0.1, 0.15) is 84.1 Å². The summed E-state index contributed by atoms with van der Waals surface area (Å²) in [6.45, 7) is 5.57. The van der Waals surface area contributed by atoms with Crippen molar-refractivity contribution >= 4 is 11.9 Å². The Kier molecular flexibility index (Phi) is 12.6. The highest BCUT2D eigenvalue weighted by molar-refractivity contribution is 5.83. The maximum absolute atomic E-state index is 11.9. The van der Waals surface area contributed by atoms with Crippen molar-refractivity contribution in [2.45, 2.75) is 91.1 Å². The van der Waals surface area contributed by atoms with E-state index < -0.39 is 5.97 Å². The maximum Gasteiger partial charge on any atom is 0.335 e. The number of aryl methyl sites for hydroxylation is 1. The largest absolute Gasteiger partial charge is 0.463 e. The summed E-state index contributed by atoms with van der Waals surface area (Å²) in [5, 5.41) is 0.